The molecule has 1 heterocycles. The maximum atomic E-state index is 12.3. The molecule has 0 spiro atoms. The van der Waals surface area contributed by atoms with Crippen molar-refractivity contribution in [2.45, 2.75) is 33.4 Å². The summed E-state index contributed by atoms with van der Waals surface area (Å²) in [7, 11) is 0. The topological polar surface area (TPSA) is 55.4 Å². The van der Waals surface area contributed by atoms with Gasteiger partial charge in [0.05, 0.1) is 4.88 Å². The number of amides is 1. The van der Waals surface area contributed by atoms with Crippen LogP contribution in [-0.2, 0) is 16.1 Å². The lowest BCUT2D eigenvalue weighted by Crippen LogP contribution is -2.45. The van der Waals surface area contributed by atoms with Crippen molar-refractivity contribution in [1.29, 1.82) is 0 Å². The van der Waals surface area contributed by atoms with Gasteiger partial charge in [0.2, 0.25) is 0 Å². The Morgan fingerprint density at radius 3 is 2.43 bits per heavy atom. The summed E-state index contributed by atoms with van der Waals surface area (Å²) in [5.41, 5.74) is 2.08. The molecular weight excluding hydrogens is 310 g/mol. The van der Waals surface area contributed by atoms with Crippen molar-refractivity contribution in [2.75, 3.05) is 0 Å². The van der Waals surface area contributed by atoms with Crippen LogP contribution >= 0.6 is 11.3 Å². The number of carbonyl (C=O) groups excluding carboxylic acids is 2. The molecule has 1 aromatic carbocycles. The molecule has 0 aliphatic rings. The van der Waals surface area contributed by atoms with Gasteiger partial charge in [-0.15, -0.1) is 11.3 Å². The molecule has 1 aromatic heterocycles. The smallest absolute Gasteiger partial charge is 0.329 e. The summed E-state index contributed by atoms with van der Waals surface area (Å²) in [5, 5.41) is 4.59. The molecule has 1 N–H and O–H groups in total. The zero-order chi connectivity index (χ0) is 16.8. The highest BCUT2D eigenvalue weighted by Crippen LogP contribution is 2.12. The van der Waals surface area contributed by atoms with Gasteiger partial charge in [-0.2, -0.15) is 0 Å². The average Bonchev–Trinajstić information content (AvgIpc) is 3.05. The summed E-state index contributed by atoms with van der Waals surface area (Å²) in [6.07, 6.45) is 0. The lowest BCUT2D eigenvalue weighted by Gasteiger charge is -2.20. The van der Waals surface area contributed by atoms with E-state index in [9.17, 15) is 9.59 Å². The Balaban J connectivity index is 1.95. The van der Waals surface area contributed by atoms with Gasteiger partial charge in [0.15, 0.2) is 0 Å². The zero-order valence-corrected chi connectivity index (χ0v) is 14.4. The van der Waals surface area contributed by atoms with E-state index in [4.69, 9.17) is 4.74 Å². The highest BCUT2D eigenvalue weighted by molar-refractivity contribution is 7.12. The summed E-state index contributed by atoms with van der Waals surface area (Å²) in [6.45, 7) is 5.97. The minimum absolute atomic E-state index is 0.0515. The van der Waals surface area contributed by atoms with Crippen LogP contribution in [0.4, 0.5) is 0 Å². The second kappa shape index (κ2) is 7.92. The van der Waals surface area contributed by atoms with Crippen LogP contribution in [0.2, 0.25) is 0 Å². The van der Waals surface area contributed by atoms with E-state index in [2.05, 4.69) is 5.32 Å². The van der Waals surface area contributed by atoms with Crippen LogP contribution in [-0.4, -0.2) is 17.9 Å². The predicted octanol–water partition coefficient (Wildman–Crippen LogP) is 3.55. The standard InChI is InChI=1S/C18H21NO3S/c1-12(2)16(19-17(20)15-5-4-10-23-15)18(21)22-11-14-8-6-13(3)7-9-14/h4-10,12,16H,11H2,1-3H3,(H,19,20)/t16-/m1/s1. The van der Waals surface area contributed by atoms with Gasteiger partial charge in [0, 0.05) is 0 Å². The number of thiophene rings is 1. The lowest BCUT2D eigenvalue weighted by molar-refractivity contribution is -0.148. The van der Waals surface area contributed by atoms with Crippen molar-refractivity contribution >= 4 is 23.2 Å². The molecule has 5 heteroatoms. The first-order valence-corrected chi connectivity index (χ1v) is 8.42. The molecule has 0 bridgehead atoms. The van der Waals surface area contributed by atoms with E-state index in [1.165, 1.54) is 11.3 Å². The second-order valence-electron chi connectivity index (χ2n) is 5.77. The predicted molar refractivity (Wildman–Crippen MR) is 91.4 cm³/mol. The number of esters is 1. The fraction of sp³-hybridized carbons (Fsp3) is 0.333. The number of aryl methyl sites for hydroxylation is 1. The van der Waals surface area contributed by atoms with Gasteiger partial charge in [-0.3, -0.25) is 4.79 Å². The van der Waals surface area contributed by atoms with E-state index in [-0.39, 0.29) is 18.4 Å². The normalized spacial score (nSPS) is 12.0. The molecular formula is C18H21NO3S. The van der Waals surface area contributed by atoms with Gasteiger partial charge in [-0.25, -0.2) is 4.79 Å². The van der Waals surface area contributed by atoms with E-state index >= 15 is 0 Å². The summed E-state index contributed by atoms with van der Waals surface area (Å²) >= 11 is 1.34. The molecule has 4 nitrogen and oxygen atoms in total. The van der Waals surface area contributed by atoms with Crippen molar-refractivity contribution in [1.82, 2.24) is 5.32 Å². The third kappa shape index (κ3) is 4.93. The molecule has 122 valence electrons. The Hall–Kier alpha value is -2.14. The molecule has 2 aromatic rings. The first-order chi connectivity index (χ1) is 11.0. The van der Waals surface area contributed by atoms with Crippen LogP contribution in [0.3, 0.4) is 0 Å². The molecule has 1 atom stereocenters. The Morgan fingerprint density at radius 2 is 1.87 bits per heavy atom. The summed E-state index contributed by atoms with van der Waals surface area (Å²) in [5.74, 6) is -0.708. The largest absolute Gasteiger partial charge is 0.459 e. The number of carbonyl (C=O) groups is 2. The molecule has 1 amide bonds. The quantitative estimate of drug-likeness (QED) is 0.824. The van der Waals surface area contributed by atoms with E-state index in [0.717, 1.165) is 11.1 Å². The van der Waals surface area contributed by atoms with Crippen LogP contribution in [0, 0.1) is 12.8 Å². The lowest BCUT2D eigenvalue weighted by atomic mass is 10.0. The van der Waals surface area contributed by atoms with Gasteiger partial charge < -0.3 is 10.1 Å². The summed E-state index contributed by atoms with van der Waals surface area (Å²) in [4.78, 5) is 25.0. The molecule has 0 fully saturated rings. The van der Waals surface area contributed by atoms with Crippen molar-refractivity contribution in [3.05, 3.63) is 57.8 Å². The number of benzene rings is 1. The van der Waals surface area contributed by atoms with Crippen molar-refractivity contribution < 1.29 is 14.3 Å². The van der Waals surface area contributed by atoms with Crippen molar-refractivity contribution in [3.63, 3.8) is 0 Å². The Morgan fingerprint density at radius 1 is 1.17 bits per heavy atom. The molecule has 2 rings (SSSR count). The Kier molecular flexibility index (Phi) is 5.93. The Bertz CT molecular complexity index is 647. The molecule has 0 saturated carbocycles. The maximum Gasteiger partial charge on any atom is 0.329 e. The fourth-order valence-electron chi connectivity index (χ4n) is 2.05. The van der Waals surface area contributed by atoms with Crippen LogP contribution in [0.5, 0.6) is 0 Å². The van der Waals surface area contributed by atoms with Crippen LogP contribution in [0.1, 0.15) is 34.6 Å². The van der Waals surface area contributed by atoms with E-state index in [1.807, 2.05) is 50.4 Å². The summed E-state index contributed by atoms with van der Waals surface area (Å²) < 4.78 is 5.36. The fourth-order valence-corrected chi connectivity index (χ4v) is 2.67. The first kappa shape index (κ1) is 17.2. The number of hydrogen-bond acceptors (Lipinski definition) is 4. The van der Waals surface area contributed by atoms with Gasteiger partial charge in [0.25, 0.3) is 5.91 Å². The number of hydrogen-bond donors (Lipinski definition) is 1. The van der Waals surface area contributed by atoms with Crippen LogP contribution < -0.4 is 5.32 Å². The molecule has 23 heavy (non-hydrogen) atoms. The van der Waals surface area contributed by atoms with Gasteiger partial charge in [0.1, 0.15) is 12.6 Å². The maximum absolute atomic E-state index is 12.3. The minimum Gasteiger partial charge on any atom is -0.459 e. The SMILES string of the molecule is Cc1ccc(COC(=O)[C@H](NC(=O)c2cccs2)C(C)C)cc1. The van der Waals surface area contributed by atoms with Crippen molar-refractivity contribution in [2.24, 2.45) is 5.92 Å². The zero-order valence-electron chi connectivity index (χ0n) is 13.5. The van der Waals surface area contributed by atoms with Gasteiger partial charge in [-0.05, 0) is 29.9 Å². The van der Waals surface area contributed by atoms with Crippen LogP contribution in [0.15, 0.2) is 41.8 Å². The van der Waals surface area contributed by atoms with E-state index in [1.54, 1.807) is 12.1 Å². The number of rotatable bonds is 6. The van der Waals surface area contributed by atoms with E-state index < -0.39 is 12.0 Å². The first-order valence-electron chi connectivity index (χ1n) is 7.54. The monoisotopic (exact) mass is 331 g/mol. The van der Waals surface area contributed by atoms with Crippen LogP contribution in [0.25, 0.3) is 0 Å². The molecule has 0 aliphatic heterocycles. The number of ether oxygens (including phenoxy) is 1. The summed E-state index contributed by atoms with van der Waals surface area (Å²) in [6, 6.07) is 10.7. The van der Waals surface area contributed by atoms with E-state index in [0.29, 0.717) is 4.88 Å². The highest BCUT2D eigenvalue weighted by Gasteiger charge is 2.26. The molecule has 0 aliphatic carbocycles. The molecule has 0 saturated heterocycles. The third-order valence-electron chi connectivity index (χ3n) is 3.45. The molecule has 0 radical (unpaired) electrons. The second-order valence-corrected chi connectivity index (χ2v) is 6.71. The molecule has 0 unspecified atom stereocenters. The van der Waals surface area contributed by atoms with Gasteiger partial charge >= 0.3 is 5.97 Å². The van der Waals surface area contributed by atoms with Crippen molar-refractivity contribution in [3.8, 4) is 0 Å². The number of nitrogens with one attached hydrogen (secondary N) is 1. The highest BCUT2D eigenvalue weighted by atomic mass is 32.1. The van der Waals surface area contributed by atoms with Gasteiger partial charge in [-0.1, -0.05) is 49.7 Å². The average molecular weight is 331 g/mol. The Labute approximate surface area is 140 Å². The third-order valence-corrected chi connectivity index (χ3v) is 4.32. The minimum atomic E-state index is -0.657.